The lowest BCUT2D eigenvalue weighted by molar-refractivity contribution is -0.201. The first-order valence-corrected chi connectivity index (χ1v) is 7.59. The normalized spacial score (nSPS) is 15.8. The molecule has 24 heavy (non-hydrogen) atoms. The van der Waals surface area contributed by atoms with Crippen LogP contribution in [0.5, 0.6) is 0 Å². The minimum atomic E-state index is -4.46. The number of hydrogen-bond acceptors (Lipinski definition) is 0. The van der Waals surface area contributed by atoms with Gasteiger partial charge in [-0.05, 0) is 5.41 Å². The fourth-order valence-electron chi connectivity index (χ4n) is 2.31. The zero-order chi connectivity index (χ0) is 19.8. The first kappa shape index (κ1) is 23.4. The molecule has 0 bridgehead atoms. The summed E-state index contributed by atoms with van der Waals surface area (Å²) in [5.74, 6) is -16.7. The molecule has 0 aliphatic rings. The van der Waals surface area contributed by atoms with Gasteiger partial charge in [-0.25, -0.2) is 35.1 Å². The van der Waals surface area contributed by atoms with Crippen molar-refractivity contribution >= 4 is 0 Å². The van der Waals surface area contributed by atoms with E-state index >= 15 is 0 Å². The van der Waals surface area contributed by atoms with E-state index in [0.717, 1.165) is 20.8 Å². The summed E-state index contributed by atoms with van der Waals surface area (Å²) < 4.78 is 109. The maximum Gasteiger partial charge on any atom is 0.259 e. The first-order valence-electron chi connectivity index (χ1n) is 7.59. The molecule has 0 fully saturated rings. The van der Waals surface area contributed by atoms with E-state index in [4.69, 9.17) is 0 Å². The third kappa shape index (κ3) is 8.51. The number of hydrogen-bond donors (Lipinski definition) is 0. The van der Waals surface area contributed by atoms with E-state index in [1.165, 1.54) is 20.8 Å². The maximum atomic E-state index is 13.7. The Kier molecular flexibility index (Phi) is 6.48. The molecule has 0 aliphatic heterocycles. The van der Waals surface area contributed by atoms with Crippen LogP contribution in [-0.4, -0.2) is 23.7 Å². The Labute approximate surface area is 138 Å². The van der Waals surface area contributed by atoms with E-state index in [0.29, 0.717) is 0 Å². The van der Waals surface area contributed by atoms with Crippen molar-refractivity contribution in [1.29, 1.82) is 0 Å². The van der Waals surface area contributed by atoms with Crippen LogP contribution in [0.15, 0.2) is 0 Å². The third-order valence-corrected chi connectivity index (χ3v) is 3.40. The van der Waals surface area contributed by atoms with Gasteiger partial charge in [0.05, 0.1) is 19.3 Å². The quantitative estimate of drug-likeness (QED) is 0.416. The fraction of sp³-hybridized carbons (Fsp3) is 1.00. The summed E-state index contributed by atoms with van der Waals surface area (Å²) in [6.45, 7) is 7.20. The molecule has 0 atom stereocenters. The van der Waals surface area contributed by atoms with E-state index < -0.39 is 60.2 Å². The first-order chi connectivity index (χ1) is 10.1. The standard InChI is InChI=1S/C16H26F8/c1-11(2,3)7-13(17,18)8-14(19,20)9-15(21,22)10-16(23,24)12(4,5)6/h7-10H2,1-6H3. The van der Waals surface area contributed by atoms with Crippen LogP contribution in [0.2, 0.25) is 0 Å². The largest absolute Gasteiger partial charge is 0.259 e. The van der Waals surface area contributed by atoms with Crippen LogP contribution in [0, 0.1) is 10.8 Å². The van der Waals surface area contributed by atoms with Gasteiger partial charge in [0.1, 0.15) is 0 Å². The van der Waals surface area contributed by atoms with Gasteiger partial charge >= 0.3 is 0 Å². The summed E-state index contributed by atoms with van der Waals surface area (Å²) in [7, 11) is 0. The second kappa shape index (κ2) is 6.63. The highest BCUT2D eigenvalue weighted by Gasteiger charge is 2.56. The van der Waals surface area contributed by atoms with Gasteiger partial charge in [-0.15, -0.1) is 0 Å². The second-order valence-corrected chi connectivity index (χ2v) is 8.79. The van der Waals surface area contributed by atoms with Crippen LogP contribution in [0.1, 0.15) is 67.2 Å². The van der Waals surface area contributed by atoms with Crippen molar-refractivity contribution in [3.05, 3.63) is 0 Å². The van der Waals surface area contributed by atoms with Gasteiger partial charge in [-0.2, -0.15) is 0 Å². The summed E-state index contributed by atoms with van der Waals surface area (Å²) in [5, 5.41) is 0. The molecule has 146 valence electrons. The molecular formula is C16H26F8. The van der Waals surface area contributed by atoms with Crippen LogP contribution >= 0.6 is 0 Å². The van der Waals surface area contributed by atoms with E-state index in [1.807, 2.05) is 0 Å². The predicted molar refractivity (Wildman–Crippen MR) is 77.2 cm³/mol. The Balaban J connectivity index is 5.08. The van der Waals surface area contributed by atoms with Crippen molar-refractivity contribution in [2.24, 2.45) is 10.8 Å². The molecule has 0 saturated carbocycles. The summed E-state index contributed by atoms with van der Waals surface area (Å²) in [6, 6.07) is 0. The molecule has 0 saturated heterocycles. The smallest absolute Gasteiger partial charge is 0.207 e. The molecule has 0 spiro atoms. The van der Waals surface area contributed by atoms with E-state index in [1.54, 1.807) is 0 Å². The van der Waals surface area contributed by atoms with Gasteiger partial charge < -0.3 is 0 Å². The molecule has 0 unspecified atom stereocenters. The topological polar surface area (TPSA) is 0 Å². The monoisotopic (exact) mass is 370 g/mol. The van der Waals surface area contributed by atoms with Crippen molar-refractivity contribution in [1.82, 2.24) is 0 Å². The summed E-state index contributed by atoms with van der Waals surface area (Å²) in [6.07, 6.45) is -7.44. The minimum Gasteiger partial charge on any atom is -0.207 e. The van der Waals surface area contributed by atoms with Crippen molar-refractivity contribution < 1.29 is 35.1 Å². The van der Waals surface area contributed by atoms with Crippen LogP contribution < -0.4 is 0 Å². The molecule has 0 aliphatic carbocycles. The summed E-state index contributed by atoms with van der Waals surface area (Å²) in [4.78, 5) is 0. The average molecular weight is 370 g/mol. The van der Waals surface area contributed by atoms with Crippen molar-refractivity contribution in [3.8, 4) is 0 Å². The second-order valence-electron chi connectivity index (χ2n) is 8.79. The van der Waals surface area contributed by atoms with Crippen molar-refractivity contribution in [2.75, 3.05) is 0 Å². The molecular weight excluding hydrogens is 344 g/mol. The van der Waals surface area contributed by atoms with E-state index in [-0.39, 0.29) is 0 Å². The Morgan fingerprint density at radius 3 is 1.04 bits per heavy atom. The molecule has 0 aromatic carbocycles. The molecule has 0 radical (unpaired) electrons. The van der Waals surface area contributed by atoms with Crippen LogP contribution in [0.25, 0.3) is 0 Å². The number of rotatable bonds is 7. The average Bonchev–Trinajstić information content (AvgIpc) is 2.02. The Bertz CT molecular complexity index is 413. The molecule has 8 heteroatoms. The summed E-state index contributed by atoms with van der Waals surface area (Å²) in [5.41, 5.74) is -2.84. The van der Waals surface area contributed by atoms with Gasteiger partial charge in [0, 0.05) is 11.8 Å². The van der Waals surface area contributed by atoms with Crippen molar-refractivity contribution in [2.45, 2.75) is 90.9 Å². The molecule has 0 heterocycles. The molecule has 0 rings (SSSR count). The zero-order valence-corrected chi connectivity index (χ0v) is 14.9. The predicted octanol–water partition coefficient (Wildman–Crippen LogP) is 7.18. The molecule has 0 aromatic rings. The zero-order valence-electron chi connectivity index (χ0n) is 14.9. The molecule has 0 N–H and O–H groups in total. The molecule has 0 nitrogen and oxygen atoms in total. The van der Waals surface area contributed by atoms with Crippen LogP contribution in [0.4, 0.5) is 35.1 Å². The van der Waals surface area contributed by atoms with Crippen LogP contribution in [0.3, 0.4) is 0 Å². The Morgan fingerprint density at radius 2 is 0.750 bits per heavy atom. The SMILES string of the molecule is CC(C)(C)CC(F)(F)CC(F)(F)CC(F)(F)CC(F)(F)C(C)(C)C. The lowest BCUT2D eigenvalue weighted by Gasteiger charge is -2.35. The maximum absolute atomic E-state index is 13.7. The van der Waals surface area contributed by atoms with Gasteiger partial charge in [0.2, 0.25) is 0 Å². The fourth-order valence-corrected chi connectivity index (χ4v) is 2.31. The highest BCUT2D eigenvalue weighted by molar-refractivity contribution is 4.91. The summed E-state index contributed by atoms with van der Waals surface area (Å²) >= 11 is 0. The lowest BCUT2D eigenvalue weighted by Crippen LogP contribution is -2.43. The molecule has 0 amide bonds. The van der Waals surface area contributed by atoms with E-state index in [9.17, 15) is 35.1 Å². The van der Waals surface area contributed by atoms with Gasteiger partial charge in [0.15, 0.2) is 0 Å². The van der Waals surface area contributed by atoms with Gasteiger partial charge in [-0.3, -0.25) is 0 Å². The van der Waals surface area contributed by atoms with Crippen LogP contribution in [-0.2, 0) is 0 Å². The molecule has 0 aromatic heterocycles. The van der Waals surface area contributed by atoms with Crippen molar-refractivity contribution in [3.63, 3.8) is 0 Å². The highest BCUT2D eigenvalue weighted by Crippen LogP contribution is 2.48. The number of halogens is 8. The lowest BCUT2D eigenvalue weighted by atomic mass is 9.82. The highest BCUT2D eigenvalue weighted by atomic mass is 19.3. The van der Waals surface area contributed by atoms with Gasteiger partial charge in [0.25, 0.3) is 23.7 Å². The minimum absolute atomic E-state index is 0.917. The Morgan fingerprint density at radius 1 is 0.458 bits per heavy atom. The number of alkyl halides is 8. The third-order valence-electron chi connectivity index (χ3n) is 3.40. The Hall–Kier alpha value is -0.560. The van der Waals surface area contributed by atoms with E-state index in [2.05, 4.69) is 0 Å². The van der Waals surface area contributed by atoms with Gasteiger partial charge in [-0.1, -0.05) is 41.5 Å².